The van der Waals surface area contributed by atoms with Crippen molar-refractivity contribution < 1.29 is 13.2 Å². The van der Waals surface area contributed by atoms with Crippen LogP contribution < -0.4 is 10.2 Å². The molecule has 1 aliphatic carbocycles. The van der Waals surface area contributed by atoms with Crippen LogP contribution in [0.25, 0.3) is 0 Å². The second-order valence-corrected chi connectivity index (χ2v) is 8.50. The average Bonchev–Trinajstić information content (AvgIpc) is 3.11. The lowest BCUT2D eigenvalue weighted by atomic mass is 9.86. The topological polar surface area (TPSA) is 28.2 Å². The largest absolute Gasteiger partial charge is 0.419 e. The highest BCUT2D eigenvalue weighted by atomic mass is 79.9. The van der Waals surface area contributed by atoms with Crippen LogP contribution in [0.2, 0.25) is 0 Å². The number of halogens is 4. The molecule has 0 radical (unpaired) electrons. The SMILES string of the molecule is CC(C)(C)C1CC12CN(c1c(Br)cncc1C(F)(F)F)CCN2. The third-order valence-electron chi connectivity index (χ3n) is 4.95. The summed E-state index contributed by atoms with van der Waals surface area (Å²) in [7, 11) is 0. The number of pyridine rings is 1. The van der Waals surface area contributed by atoms with Crippen molar-refractivity contribution in [1.82, 2.24) is 10.3 Å². The molecule has 0 bridgehead atoms. The molecule has 23 heavy (non-hydrogen) atoms. The quantitative estimate of drug-likeness (QED) is 0.781. The van der Waals surface area contributed by atoms with Gasteiger partial charge in [-0.05, 0) is 33.7 Å². The van der Waals surface area contributed by atoms with Crippen molar-refractivity contribution in [3.05, 3.63) is 22.4 Å². The summed E-state index contributed by atoms with van der Waals surface area (Å²) in [6, 6.07) is 0. The number of hydrogen-bond acceptors (Lipinski definition) is 3. The van der Waals surface area contributed by atoms with Crippen LogP contribution >= 0.6 is 15.9 Å². The molecule has 2 fully saturated rings. The van der Waals surface area contributed by atoms with Gasteiger partial charge in [0.1, 0.15) is 0 Å². The van der Waals surface area contributed by atoms with Crippen molar-refractivity contribution in [2.24, 2.45) is 11.3 Å². The summed E-state index contributed by atoms with van der Waals surface area (Å²) in [4.78, 5) is 5.56. The van der Waals surface area contributed by atoms with E-state index >= 15 is 0 Å². The van der Waals surface area contributed by atoms with E-state index in [-0.39, 0.29) is 16.6 Å². The van der Waals surface area contributed by atoms with Gasteiger partial charge in [0, 0.05) is 37.6 Å². The van der Waals surface area contributed by atoms with Gasteiger partial charge in [-0.2, -0.15) is 13.2 Å². The molecule has 2 heterocycles. The van der Waals surface area contributed by atoms with Gasteiger partial charge in [-0.15, -0.1) is 0 Å². The third kappa shape index (κ3) is 3.09. The number of piperazine rings is 1. The van der Waals surface area contributed by atoms with Crippen LogP contribution in [0.1, 0.15) is 32.8 Å². The van der Waals surface area contributed by atoms with Crippen molar-refractivity contribution in [2.45, 2.75) is 38.9 Å². The Morgan fingerprint density at radius 3 is 2.57 bits per heavy atom. The summed E-state index contributed by atoms with van der Waals surface area (Å²) in [5, 5.41) is 3.55. The molecule has 3 rings (SSSR count). The van der Waals surface area contributed by atoms with Crippen LogP contribution in [0.15, 0.2) is 16.9 Å². The molecule has 0 amide bonds. The maximum Gasteiger partial charge on any atom is 0.419 e. The molecule has 7 heteroatoms. The minimum atomic E-state index is -4.41. The van der Waals surface area contributed by atoms with E-state index in [4.69, 9.17) is 0 Å². The lowest BCUT2D eigenvalue weighted by Crippen LogP contribution is -2.55. The number of rotatable bonds is 1. The standard InChI is InChI=1S/C16H21BrF3N3/c1-14(2,3)12-6-15(12)9-23(5-4-22-15)13-10(16(18,19)20)7-21-8-11(13)17/h7-8,12,22H,4-6,9H2,1-3H3. The molecule has 0 aromatic carbocycles. The van der Waals surface area contributed by atoms with Crippen LogP contribution in [-0.2, 0) is 6.18 Å². The second kappa shape index (κ2) is 5.34. The van der Waals surface area contributed by atoms with Crippen molar-refractivity contribution in [3.63, 3.8) is 0 Å². The molecular weight excluding hydrogens is 371 g/mol. The molecular formula is C16H21BrF3N3. The second-order valence-electron chi connectivity index (χ2n) is 7.64. The Bertz CT molecular complexity index is 612. The lowest BCUT2D eigenvalue weighted by Gasteiger charge is -2.39. The van der Waals surface area contributed by atoms with Gasteiger partial charge in [0.05, 0.1) is 15.7 Å². The van der Waals surface area contributed by atoms with E-state index in [9.17, 15) is 13.2 Å². The molecule has 1 spiro atoms. The maximum absolute atomic E-state index is 13.4. The van der Waals surface area contributed by atoms with Crippen LogP contribution in [0.3, 0.4) is 0 Å². The molecule has 1 N–H and O–H groups in total. The van der Waals surface area contributed by atoms with Crippen molar-refractivity contribution in [3.8, 4) is 0 Å². The monoisotopic (exact) mass is 391 g/mol. The Balaban J connectivity index is 1.92. The Morgan fingerprint density at radius 2 is 2.00 bits per heavy atom. The minimum absolute atomic E-state index is 0.0674. The molecule has 128 valence electrons. The fraction of sp³-hybridized carbons (Fsp3) is 0.688. The molecule has 3 nitrogen and oxygen atoms in total. The zero-order chi connectivity index (χ0) is 17.0. The van der Waals surface area contributed by atoms with Crippen LogP contribution in [0.5, 0.6) is 0 Å². The first kappa shape index (κ1) is 17.0. The Labute approximate surface area is 142 Å². The van der Waals surface area contributed by atoms with Crippen molar-refractivity contribution in [1.29, 1.82) is 0 Å². The van der Waals surface area contributed by atoms with Gasteiger partial charge in [0.15, 0.2) is 0 Å². The molecule has 1 aromatic rings. The maximum atomic E-state index is 13.4. The van der Waals surface area contributed by atoms with E-state index in [2.05, 4.69) is 47.0 Å². The zero-order valence-electron chi connectivity index (χ0n) is 13.5. The third-order valence-corrected chi connectivity index (χ3v) is 5.53. The fourth-order valence-corrected chi connectivity index (χ4v) is 4.46. The summed E-state index contributed by atoms with van der Waals surface area (Å²) in [5.74, 6) is 0.479. The highest BCUT2D eigenvalue weighted by Gasteiger charge is 2.60. The highest BCUT2D eigenvalue weighted by Crippen LogP contribution is 2.55. The van der Waals surface area contributed by atoms with Gasteiger partial charge in [-0.25, -0.2) is 0 Å². The number of alkyl halides is 3. The average molecular weight is 392 g/mol. The van der Waals surface area contributed by atoms with Gasteiger partial charge in [0.2, 0.25) is 0 Å². The van der Waals surface area contributed by atoms with Gasteiger partial charge in [-0.1, -0.05) is 20.8 Å². The van der Waals surface area contributed by atoms with Crippen molar-refractivity contribution >= 4 is 21.6 Å². The molecule has 2 unspecified atom stereocenters. The molecule has 1 saturated heterocycles. The van der Waals surface area contributed by atoms with E-state index in [0.717, 1.165) is 12.6 Å². The van der Waals surface area contributed by atoms with E-state index in [1.54, 1.807) is 0 Å². The summed E-state index contributed by atoms with van der Waals surface area (Å²) in [5.41, 5.74) is -0.370. The first-order valence-electron chi connectivity index (χ1n) is 7.75. The van der Waals surface area contributed by atoms with E-state index in [1.807, 2.05) is 4.90 Å². The van der Waals surface area contributed by atoms with Gasteiger partial charge in [-0.3, -0.25) is 4.98 Å². The number of hydrogen-bond donors (Lipinski definition) is 1. The summed E-state index contributed by atoms with van der Waals surface area (Å²) < 4.78 is 40.5. The van der Waals surface area contributed by atoms with Gasteiger partial charge in [0.25, 0.3) is 0 Å². The van der Waals surface area contributed by atoms with Crippen LogP contribution in [0, 0.1) is 11.3 Å². The Morgan fingerprint density at radius 1 is 1.30 bits per heavy atom. The number of anilines is 1. The van der Waals surface area contributed by atoms with E-state index in [0.29, 0.717) is 30.0 Å². The normalized spacial score (nSPS) is 28.3. The molecule has 1 saturated carbocycles. The predicted octanol–water partition coefficient (Wildman–Crippen LogP) is 4.08. The Hall–Kier alpha value is -0.820. The number of aromatic nitrogens is 1. The highest BCUT2D eigenvalue weighted by molar-refractivity contribution is 9.10. The minimum Gasteiger partial charge on any atom is -0.367 e. The zero-order valence-corrected chi connectivity index (χ0v) is 15.1. The first-order chi connectivity index (χ1) is 10.5. The number of nitrogens with zero attached hydrogens (tertiary/aromatic N) is 2. The number of nitrogens with one attached hydrogen (secondary N) is 1. The lowest BCUT2D eigenvalue weighted by molar-refractivity contribution is -0.137. The Kier molecular flexibility index (Phi) is 3.95. The molecule has 1 aromatic heterocycles. The summed E-state index contributed by atoms with van der Waals surface area (Å²) in [6.45, 7) is 8.42. The molecule has 2 atom stereocenters. The summed E-state index contributed by atoms with van der Waals surface area (Å²) >= 11 is 3.26. The van der Waals surface area contributed by atoms with Gasteiger partial charge < -0.3 is 10.2 Å². The van der Waals surface area contributed by atoms with Crippen molar-refractivity contribution in [2.75, 3.05) is 24.5 Å². The summed E-state index contributed by atoms with van der Waals surface area (Å²) in [6.07, 6.45) is -1.04. The van der Waals surface area contributed by atoms with E-state index < -0.39 is 11.7 Å². The first-order valence-corrected chi connectivity index (χ1v) is 8.54. The van der Waals surface area contributed by atoms with Crippen LogP contribution in [-0.4, -0.2) is 30.2 Å². The smallest absolute Gasteiger partial charge is 0.367 e. The predicted molar refractivity (Wildman–Crippen MR) is 87.4 cm³/mol. The molecule has 2 aliphatic rings. The fourth-order valence-electron chi connectivity index (χ4n) is 3.87. The molecule has 1 aliphatic heterocycles. The van der Waals surface area contributed by atoms with Crippen LogP contribution in [0.4, 0.5) is 18.9 Å². The van der Waals surface area contributed by atoms with Gasteiger partial charge >= 0.3 is 6.18 Å². The van der Waals surface area contributed by atoms with E-state index in [1.165, 1.54) is 6.20 Å².